The zero-order chi connectivity index (χ0) is 8.27. The molecule has 0 spiro atoms. The number of halogens is 1. The number of methoxy groups -OCH3 is 1. The Morgan fingerprint density at radius 3 is 2.50 bits per heavy atom. The van der Waals surface area contributed by atoms with E-state index in [2.05, 4.69) is 10.1 Å². The van der Waals surface area contributed by atoms with Crippen molar-refractivity contribution in [1.82, 2.24) is 5.32 Å². The topological polar surface area (TPSA) is 38.3 Å². The van der Waals surface area contributed by atoms with Gasteiger partial charge >= 0.3 is 5.97 Å². The normalized spacial score (nSPS) is 18.8. The number of carbonyl (C=O) groups is 1. The molecule has 0 heterocycles. The van der Waals surface area contributed by atoms with Crippen LogP contribution in [0.1, 0.15) is 26.2 Å². The Bertz CT molecular complexity index is 148. The molecule has 1 saturated carbocycles. The summed E-state index contributed by atoms with van der Waals surface area (Å²) in [4.78, 5) is 10.9. The first-order valence-electron chi connectivity index (χ1n) is 4.08. The molecule has 0 bridgehead atoms. The van der Waals surface area contributed by atoms with Crippen LogP contribution in [0.5, 0.6) is 0 Å². The van der Waals surface area contributed by atoms with Crippen LogP contribution in [0.4, 0.5) is 0 Å². The van der Waals surface area contributed by atoms with E-state index in [4.69, 9.17) is 0 Å². The van der Waals surface area contributed by atoms with Crippen molar-refractivity contribution in [1.29, 1.82) is 0 Å². The fraction of sp³-hybridized carbons (Fsp3) is 0.875. The minimum absolute atomic E-state index is 0. The van der Waals surface area contributed by atoms with E-state index in [1.54, 1.807) is 0 Å². The molecule has 1 unspecified atom stereocenters. The number of hydrogen-bond acceptors (Lipinski definition) is 3. The second-order valence-electron chi connectivity index (χ2n) is 3.04. The first kappa shape index (κ1) is 11.7. The van der Waals surface area contributed by atoms with Gasteiger partial charge in [0.25, 0.3) is 0 Å². The van der Waals surface area contributed by atoms with E-state index >= 15 is 0 Å². The van der Waals surface area contributed by atoms with E-state index in [1.165, 1.54) is 26.4 Å². The molecule has 0 saturated heterocycles. The van der Waals surface area contributed by atoms with Crippen LogP contribution in [0.25, 0.3) is 0 Å². The molecule has 1 rings (SSSR count). The van der Waals surface area contributed by atoms with E-state index in [0.29, 0.717) is 6.04 Å². The maximum Gasteiger partial charge on any atom is 0.322 e. The summed E-state index contributed by atoms with van der Waals surface area (Å²) < 4.78 is 4.58. The molecule has 4 heteroatoms. The van der Waals surface area contributed by atoms with Crippen molar-refractivity contribution in [3.63, 3.8) is 0 Å². The zero-order valence-corrected chi connectivity index (χ0v) is 8.32. The Morgan fingerprint density at radius 1 is 1.58 bits per heavy atom. The van der Waals surface area contributed by atoms with Crippen molar-refractivity contribution >= 4 is 18.4 Å². The molecule has 1 fully saturated rings. The van der Waals surface area contributed by atoms with Gasteiger partial charge in [-0.3, -0.25) is 4.79 Å². The summed E-state index contributed by atoms with van der Waals surface area (Å²) in [6, 6.07) is 0.398. The Balaban J connectivity index is 0.00000121. The van der Waals surface area contributed by atoms with Crippen molar-refractivity contribution in [2.45, 2.75) is 38.3 Å². The van der Waals surface area contributed by atoms with Crippen molar-refractivity contribution in [3.05, 3.63) is 0 Å². The average Bonchev–Trinajstić information content (AvgIpc) is 1.94. The lowest BCUT2D eigenvalue weighted by molar-refractivity contribution is -0.143. The van der Waals surface area contributed by atoms with Crippen LogP contribution in [-0.4, -0.2) is 25.2 Å². The third kappa shape index (κ3) is 2.99. The second kappa shape index (κ2) is 5.38. The molecule has 12 heavy (non-hydrogen) atoms. The third-order valence-electron chi connectivity index (χ3n) is 2.15. The molecule has 3 nitrogen and oxygen atoms in total. The molecular weight excluding hydrogens is 178 g/mol. The number of ether oxygens (including phenoxy) is 1. The van der Waals surface area contributed by atoms with E-state index in [9.17, 15) is 4.79 Å². The monoisotopic (exact) mass is 193 g/mol. The van der Waals surface area contributed by atoms with Crippen LogP contribution in [0.2, 0.25) is 0 Å². The zero-order valence-electron chi connectivity index (χ0n) is 7.50. The van der Waals surface area contributed by atoms with Gasteiger partial charge in [0.15, 0.2) is 0 Å². The lowest BCUT2D eigenvalue weighted by Gasteiger charge is -2.28. The standard InChI is InChI=1S/C8H15NO2.ClH/c1-6(8(10)11-2)9-7-4-3-5-7;/h6-7,9H,3-5H2,1-2H3;1H. The average molecular weight is 194 g/mol. The van der Waals surface area contributed by atoms with Gasteiger partial charge in [-0.2, -0.15) is 0 Å². The highest BCUT2D eigenvalue weighted by Crippen LogP contribution is 2.18. The molecule has 0 aromatic carbocycles. The third-order valence-corrected chi connectivity index (χ3v) is 2.15. The van der Waals surface area contributed by atoms with Crippen molar-refractivity contribution in [3.8, 4) is 0 Å². The first-order chi connectivity index (χ1) is 5.24. The van der Waals surface area contributed by atoms with Gasteiger partial charge in [-0.05, 0) is 19.8 Å². The molecule has 0 aliphatic heterocycles. The Labute approximate surface area is 79.3 Å². The highest BCUT2D eigenvalue weighted by atomic mass is 35.5. The smallest absolute Gasteiger partial charge is 0.322 e. The quantitative estimate of drug-likeness (QED) is 0.683. The lowest BCUT2D eigenvalue weighted by atomic mass is 9.92. The first-order valence-corrected chi connectivity index (χ1v) is 4.08. The van der Waals surface area contributed by atoms with E-state index in [0.717, 1.165) is 0 Å². The SMILES string of the molecule is COC(=O)C(C)NC1CCC1.Cl. The van der Waals surface area contributed by atoms with Crippen LogP contribution in [-0.2, 0) is 9.53 Å². The maximum absolute atomic E-state index is 10.9. The summed E-state index contributed by atoms with van der Waals surface area (Å²) in [7, 11) is 1.42. The summed E-state index contributed by atoms with van der Waals surface area (Å²) in [6.07, 6.45) is 3.67. The fourth-order valence-corrected chi connectivity index (χ4v) is 1.17. The van der Waals surface area contributed by atoms with Gasteiger partial charge in [-0.15, -0.1) is 12.4 Å². The van der Waals surface area contributed by atoms with Crippen molar-refractivity contribution in [2.24, 2.45) is 0 Å². The minimum Gasteiger partial charge on any atom is -0.468 e. The Kier molecular flexibility index (Phi) is 5.25. The molecule has 0 amide bonds. The predicted molar refractivity (Wildman–Crippen MR) is 49.5 cm³/mol. The fourth-order valence-electron chi connectivity index (χ4n) is 1.17. The van der Waals surface area contributed by atoms with E-state index in [-0.39, 0.29) is 24.4 Å². The maximum atomic E-state index is 10.9. The largest absolute Gasteiger partial charge is 0.468 e. The van der Waals surface area contributed by atoms with Crippen LogP contribution in [0, 0.1) is 0 Å². The van der Waals surface area contributed by atoms with Gasteiger partial charge in [0.05, 0.1) is 7.11 Å². The van der Waals surface area contributed by atoms with Gasteiger partial charge in [0.2, 0.25) is 0 Å². The number of hydrogen-bond donors (Lipinski definition) is 1. The molecule has 1 aliphatic rings. The van der Waals surface area contributed by atoms with Gasteiger partial charge in [0, 0.05) is 6.04 Å². The van der Waals surface area contributed by atoms with E-state index in [1.807, 2.05) is 6.92 Å². The summed E-state index contributed by atoms with van der Waals surface area (Å²) in [5.74, 6) is -0.170. The van der Waals surface area contributed by atoms with Crippen molar-refractivity contribution in [2.75, 3.05) is 7.11 Å². The van der Waals surface area contributed by atoms with Gasteiger partial charge in [-0.1, -0.05) is 6.42 Å². The summed E-state index contributed by atoms with van der Waals surface area (Å²) in [5, 5.41) is 3.19. The predicted octanol–water partition coefficient (Wildman–Crippen LogP) is 1.11. The van der Waals surface area contributed by atoms with E-state index < -0.39 is 0 Å². The Hall–Kier alpha value is -0.280. The lowest BCUT2D eigenvalue weighted by Crippen LogP contribution is -2.45. The number of nitrogens with one attached hydrogen (secondary N) is 1. The number of esters is 1. The van der Waals surface area contributed by atoms with Gasteiger partial charge < -0.3 is 10.1 Å². The highest BCUT2D eigenvalue weighted by Gasteiger charge is 2.22. The van der Waals surface area contributed by atoms with Gasteiger partial charge in [-0.25, -0.2) is 0 Å². The molecular formula is C8H16ClNO2. The van der Waals surface area contributed by atoms with Crippen molar-refractivity contribution < 1.29 is 9.53 Å². The summed E-state index contributed by atoms with van der Waals surface area (Å²) in [5.41, 5.74) is 0. The molecule has 0 aromatic heterocycles. The molecule has 1 N–H and O–H groups in total. The molecule has 0 aromatic rings. The summed E-state index contributed by atoms with van der Waals surface area (Å²) >= 11 is 0. The summed E-state index contributed by atoms with van der Waals surface area (Å²) in [6.45, 7) is 1.84. The van der Waals surface area contributed by atoms with Crippen LogP contribution < -0.4 is 5.32 Å². The van der Waals surface area contributed by atoms with Crippen LogP contribution in [0.3, 0.4) is 0 Å². The molecule has 1 atom stereocenters. The minimum atomic E-state index is -0.170. The highest BCUT2D eigenvalue weighted by molar-refractivity contribution is 5.85. The van der Waals surface area contributed by atoms with Crippen LogP contribution in [0.15, 0.2) is 0 Å². The Morgan fingerprint density at radius 2 is 2.17 bits per heavy atom. The molecule has 1 aliphatic carbocycles. The molecule has 0 radical (unpaired) electrons. The van der Waals surface area contributed by atoms with Crippen LogP contribution >= 0.6 is 12.4 Å². The number of rotatable bonds is 3. The molecule has 72 valence electrons. The second-order valence-corrected chi connectivity index (χ2v) is 3.04. The number of carbonyl (C=O) groups excluding carboxylic acids is 1. The van der Waals surface area contributed by atoms with Gasteiger partial charge in [0.1, 0.15) is 6.04 Å².